The van der Waals surface area contributed by atoms with Crippen LogP contribution in [0.4, 0.5) is 0 Å². The molecule has 0 bridgehead atoms. The first-order valence-electron chi connectivity index (χ1n) is 26.7. The Balaban J connectivity index is 2.49. The second kappa shape index (κ2) is 43.8. The molecule has 0 saturated heterocycles. The third-order valence-corrected chi connectivity index (χ3v) is 13.3. The second-order valence-electron chi connectivity index (χ2n) is 18.9. The van der Waals surface area contributed by atoms with Crippen LogP contribution in [0.15, 0.2) is 30.3 Å². The molecular formula is C55H106N+. The van der Waals surface area contributed by atoms with E-state index in [0.717, 1.165) is 0 Å². The molecule has 1 aromatic carbocycles. The van der Waals surface area contributed by atoms with Crippen molar-refractivity contribution in [2.24, 2.45) is 0 Å². The van der Waals surface area contributed by atoms with Gasteiger partial charge in [-0.25, -0.2) is 0 Å². The first kappa shape index (κ1) is 53.2. The van der Waals surface area contributed by atoms with Crippen LogP contribution in [0.5, 0.6) is 0 Å². The van der Waals surface area contributed by atoms with Gasteiger partial charge in [0.15, 0.2) is 0 Å². The van der Waals surface area contributed by atoms with Crippen LogP contribution in [0.1, 0.15) is 296 Å². The molecule has 1 rings (SSSR count). The molecule has 56 heavy (non-hydrogen) atoms. The normalized spacial score (nSPS) is 11.9. The summed E-state index contributed by atoms with van der Waals surface area (Å²) in [5.41, 5.74) is 1.58. The van der Waals surface area contributed by atoms with E-state index in [1.54, 1.807) is 5.56 Å². The van der Waals surface area contributed by atoms with Gasteiger partial charge in [-0.05, 0) is 38.5 Å². The Labute approximate surface area is 355 Å². The fraction of sp³-hybridized carbons (Fsp3) is 0.891. The van der Waals surface area contributed by atoms with E-state index < -0.39 is 0 Å². The number of unbranched alkanes of at least 4 members (excludes halogenated alkanes) is 39. The summed E-state index contributed by atoms with van der Waals surface area (Å²) in [5, 5.41) is 0. The molecule has 0 saturated carbocycles. The van der Waals surface area contributed by atoms with E-state index in [0.29, 0.717) is 0 Å². The smallest absolute Gasteiger partial charge is 0.104 e. The Morgan fingerprint density at radius 3 is 0.661 bits per heavy atom. The van der Waals surface area contributed by atoms with E-state index in [9.17, 15) is 0 Å². The molecule has 0 radical (unpaired) electrons. The number of hydrogen-bond donors (Lipinski definition) is 0. The van der Waals surface area contributed by atoms with Crippen molar-refractivity contribution in [3.8, 4) is 0 Å². The van der Waals surface area contributed by atoms with E-state index in [2.05, 4.69) is 51.1 Å². The number of hydrogen-bond acceptors (Lipinski definition) is 0. The molecule has 0 amide bonds. The second-order valence-corrected chi connectivity index (χ2v) is 18.9. The molecule has 0 N–H and O–H groups in total. The van der Waals surface area contributed by atoms with Gasteiger partial charge < -0.3 is 4.48 Å². The zero-order chi connectivity index (χ0) is 40.1. The first-order chi connectivity index (χ1) is 27.8. The van der Waals surface area contributed by atoms with Crippen molar-refractivity contribution in [3.05, 3.63) is 35.9 Å². The fourth-order valence-electron chi connectivity index (χ4n) is 9.47. The van der Waals surface area contributed by atoms with Gasteiger partial charge in [-0.3, -0.25) is 0 Å². The Morgan fingerprint density at radius 1 is 0.250 bits per heavy atom. The van der Waals surface area contributed by atoms with Crippen LogP contribution in [0.25, 0.3) is 0 Å². The molecule has 1 heteroatoms. The minimum atomic E-state index is 1.26. The molecule has 0 aliphatic rings. The van der Waals surface area contributed by atoms with E-state index >= 15 is 0 Å². The highest BCUT2D eigenvalue weighted by atomic mass is 15.3. The summed E-state index contributed by atoms with van der Waals surface area (Å²) in [6.45, 7) is 12.4. The summed E-state index contributed by atoms with van der Waals surface area (Å²) in [7, 11) is 0. The van der Waals surface area contributed by atoms with Gasteiger partial charge in [0.1, 0.15) is 6.54 Å². The van der Waals surface area contributed by atoms with Crippen molar-refractivity contribution in [2.45, 2.75) is 297 Å². The molecule has 0 aliphatic heterocycles. The van der Waals surface area contributed by atoms with Crippen molar-refractivity contribution in [1.82, 2.24) is 0 Å². The molecule has 1 nitrogen and oxygen atoms in total. The number of rotatable bonds is 47. The van der Waals surface area contributed by atoms with Gasteiger partial charge in [-0.1, -0.05) is 282 Å². The lowest BCUT2D eigenvalue weighted by atomic mass is 10.0. The van der Waals surface area contributed by atoms with Crippen molar-refractivity contribution >= 4 is 0 Å². The third-order valence-electron chi connectivity index (χ3n) is 13.3. The van der Waals surface area contributed by atoms with Gasteiger partial charge in [0.25, 0.3) is 0 Å². The van der Waals surface area contributed by atoms with Gasteiger partial charge in [-0.15, -0.1) is 0 Å². The average molecular weight is 781 g/mol. The topological polar surface area (TPSA) is 0 Å². The molecular weight excluding hydrogens is 675 g/mol. The van der Waals surface area contributed by atoms with Crippen molar-refractivity contribution in [1.29, 1.82) is 0 Å². The molecule has 0 heterocycles. The van der Waals surface area contributed by atoms with Crippen LogP contribution in [0.3, 0.4) is 0 Å². The summed E-state index contributed by atoms with van der Waals surface area (Å²) in [6, 6.07) is 11.6. The largest absolute Gasteiger partial charge is 0.320 e. The molecule has 0 atom stereocenters. The molecule has 0 unspecified atom stereocenters. The Bertz CT molecular complexity index is 767. The maximum Gasteiger partial charge on any atom is 0.104 e. The molecule has 0 aliphatic carbocycles. The maximum atomic E-state index is 2.43. The predicted molar refractivity (Wildman–Crippen MR) is 256 cm³/mol. The molecule has 0 fully saturated rings. The van der Waals surface area contributed by atoms with Crippen molar-refractivity contribution < 1.29 is 4.48 Å². The van der Waals surface area contributed by atoms with Crippen LogP contribution in [0, 0.1) is 0 Å². The van der Waals surface area contributed by atoms with Crippen molar-refractivity contribution in [2.75, 3.05) is 19.6 Å². The highest BCUT2D eigenvalue weighted by Gasteiger charge is 2.26. The quantitative estimate of drug-likeness (QED) is 0.0456. The summed E-state index contributed by atoms with van der Waals surface area (Å²) < 4.78 is 1.36. The highest BCUT2D eigenvalue weighted by molar-refractivity contribution is 5.13. The summed E-state index contributed by atoms with van der Waals surface area (Å²) in [5.74, 6) is 0. The molecule has 0 spiro atoms. The molecule has 1 aromatic rings. The van der Waals surface area contributed by atoms with E-state index in [1.165, 1.54) is 300 Å². The third kappa shape index (κ3) is 36.3. The number of quaternary nitrogens is 1. The summed E-state index contributed by atoms with van der Waals surface area (Å²) in [4.78, 5) is 0. The van der Waals surface area contributed by atoms with Crippen LogP contribution in [0.2, 0.25) is 0 Å². The number of benzene rings is 1. The van der Waals surface area contributed by atoms with Gasteiger partial charge in [0.05, 0.1) is 19.6 Å². The van der Waals surface area contributed by atoms with Crippen LogP contribution in [-0.2, 0) is 6.54 Å². The lowest BCUT2D eigenvalue weighted by Gasteiger charge is -2.39. The predicted octanol–water partition coefficient (Wildman–Crippen LogP) is 19.4. The lowest BCUT2D eigenvalue weighted by molar-refractivity contribution is -0.941. The van der Waals surface area contributed by atoms with Crippen LogP contribution >= 0.6 is 0 Å². The van der Waals surface area contributed by atoms with Crippen LogP contribution < -0.4 is 0 Å². The monoisotopic (exact) mass is 781 g/mol. The molecule has 330 valence electrons. The highest BCUT2D eigenvalue weighted by Crippen LogP contribution is 2.23. The lowest BCUT2D eigenvalue weighted by Crippen LogP contribution is -2.49. The van der Waals surface area contributed by atoms with Gasteiger partial charge in [0.2, 0.25) is 0 Å². The zero-order valence-electron chi connectivity index (χ0n) is 39.4. The summed E-state index contributed by atoms with van der Waals surface area (Å²) in [6.07, 6.45) is 61.1. The Morgan fingerprint density at radius 2 is 0.446 bits per heavy atom. The van der Waals surface area contributed by atoms with Gasteiger partial charge in [0, 0.05) is 5.56 Å². The number of nitrogens with zero attached hydrogens (tertiary/aromatic N) is 1. The average Bonchev–Trinajstić information content (AvgIpc) is 3.21. The molecule has 0 aromatic heterocycles. The standard InChI is InChI=1S/C55H106N/c1-4-7-10-13-16-19-22-25-28-31-34-37-40-46-51-56(54-55-49-44-43-45-50-55,52-47-41-38-35-32-29-26-23-20-17-14-11-8-5-2)53-48-42-39-36-33-30-27-24-21-18-15-12-9-6-3/h43-45,49-50H,4-42,46-48,51-54H2,1-3H3/q+1. The zero-order valence-corrected chi connectivity index (χ0v) is 39.4. The first-order valence-corrected chi connectivity index (χ1v) is 26.7. The van der Waals surface area contributed by atoms with Crippen LogP contribution in [-0.4, -0.2) is 24.1 Å². The van der Waals surface area contributed by atoms with E-state index in [-0.39, 0.29) is 0 Å². The minimum Gasteiger partial charge on any atom is -0.320 e. The van der Waals surface area contributed by atoms with Crippen molar-refractivity contribution in [3.63, 3.8) is 0 Å². The Hall–Kier alpha value is -0.820. The minimum absolute atomic E-state index is 1.26. The van der Waals surface area contributed by atoms with E-state index in [1.807, 2.05) is 0 Å². The van der Waals surface area contributed by atoms with Gasteiger partial charge >= 0.3 is 0 Å². The van der Waals surface area contributed by atoms with Gasteiger partial charge in [-0.2, -0.15) is 0 Å². The SMILES string of the molecule is CCCCCCCCCCCCCCCC[N+](CCCCCCCCCCCCCCCC)(CCCCCCCCCCCCCCCC)Cc1ccccc1. The Kier molecular flexibility index (Phi) is 41.6. The fourth-order valence-corrected chi connectivity index (χ4v) is 9.47. The maximum absolute atomic E-state index is 2.43. The van der Waals surface area contributed by atoms with E-state index in [4.69, 9.17) is 0 Å². The summed E-state index contributed by atoms with van der Waals surface area (Å²) >= 11 is 0.